The van der Waals surface area contributed by atoms with Crippen LogP contribution in [-0.4, -0.2) is 18.0 Å². The Morgan fingerprint density at radius 1 is 1.44 bits per heavy atom. The van der Waals surface area contributed by atoms with Gasteiger partial charge in [0.05, 0.1) is 0 Å². The van der Waals surface area contributed by atoms with Crippen molar-refractivity contribution in [3.05, 3.63) is 6.54 Å². The van der Waals surface area contributed by atoms with Crippen molar-refractivity contribution in [3.8, 4) is 0 Å². The lowest BCUT2D eigenvalue weighted by Gasteiger charge is -2.19. The third kappa shape index (κ3) is 4.46. The molecule has 0 rings (SSSR count). The molecule has 0 heterocycles. The van der Waals surface area contributed by atoms with Crippen molar-refractivity contribution in [2.45, 2.75) is 27.7 Å². The van der Waals surface area contributed by atoms with Gasteiger partial charge < -0.3 is 0 Å². The molecule has 0 aliphatic rings. The molecule has 55 valence electrons. The largest absolute Gasteiger partial charge is 0.299 e. The molecule has 1 heteroatoms. The van der Waals surface area contributed by atoms with Gasteiger partial charge in [0.25, 0.3) is 0 Å². The molecule has 0 atom stereocenters. The van der Waals surface area contributed by atoms with Crippen LogP contribution in [0.2, 0.25) is 0 Å². The highest BCUT2D eigenvalue weighted by atomic mass is 15.1. The molecule has 0 aromatic rings. The minimum Gasteiger partial charge on any atom is -0.299 e. The summed E-state index contributed by atoms with van der Waals surface area (Å²) in [6.07, 6.45) is 0. The van der Waals surface area contributed by atoms with Crippen LogP contribution >= 0.6 is 0 Å². The highest BCUT2D eigenvalue weighted by Gasteiger charge is 2.00. The van der Waals surface area contributed by atoms with E-state index in [-0.39, 0.29) is 0 Å². The van der Waals surface area contributed by atoms with Gasteiger partial charge in [0.1, 0.15) is 0 Å². The minimum atomic E-state index is 0.779. The molecule has 0 spiro atoms. The van der Waals surface area contributed by atoms with Crippen molar-refractivity contribution in [1.82, 2.24) is 4.90 Å². The van der Waals surface area contributed by atoms with Crippen molar-refractivity contribution >= 4 is 0 Å². The third-order valence-corrected chi connectivity index (χ3v) is 1.37. The molecule has 0 bridgehead atoms. The summed E-state index contributed by atoms with van der Waals surface area (Å²) in [6, 6.07) is 0. The first-order chi connectivity index (χ1) is 4.20. The summed E-state index contributed by atoms with van der Waals surface area (Å²) in [5.74, 6) is 0.779. The Labute approximate surface area is 59.1 Å². The van der Waals surface area contributed by atoms with Crippen LogP contribution in [0.3, 0.4) is 0 Å². The highest BCUT2D eigenvalue weighted by Crippen LogP contribution is 1.98. The van der Waals surface area contributed by atoms with Crippen molar-refractivity contribution in [1.29, 1.82) is 0 Å². The van der Waals surface area contributed by atoms with E-state index in [0.717, 1.165) is 12.5 Å². The summed E-state index contributed by atoms with van der Waals surface area (Å²) in [5, 5.41) is 0. The molecule has 9 heavy (non-hydrogen) atoms. The van der Waals surface area contributed by atoms with E-state index < -0.39 is 0 Å². The highest BCUT2D eigenvalue weighted by molar-refractivity contribution is 4.62. The SMILES string of the molecule is C[CH]N(CC)CC(C)C. The summed E-state index contributed by atoms with van der Waals surface area (Å²) in [6.45, 7) is 13.2. The van der Waals surface area contributed by atoms with Crippen LogP contribution in [0, 0.1) is 12.5 Å². The Morgan fingerprint density at radius 2 is 2.00 bits per heavy atom. The zero-order valence-corrected chi connectivity index (χ0v) is 7.02. The molecular weight excluding hydrogens is 110 g/mol. The fraction of sp³-hybridized carbons (Fsp3) is 0.875. The van der Waals surface area contributed by atoms with Crippen LogP contribution in [0.15, 0.2) is 0 Å². The smallest absolute Gasteiger partial charge is 0.0220 e. The van der Waals surface area contributed by atoms with E-state index in [9.17, 15) is 0 Å². The van der Waals surface area contributed by atoms with Crippen LogP contribution in [0.4, 0.5) is 0 Å². The first-order valence-corrected chi connectivity index (χ1v) is 3.74. The number of hydrogen-bond acceptors (Lipinski definition) is 1. The second kappa shape index (κ2) is 4.80. The predicted molar refractivity (Wildman–Crippen MR) is 42.1 cm³/mol. The van der Waals surface area contributed by atoms with Gasteiger partial charge in [-0.1, -0.05) is 20.8 Å². The first-order valence-electron chi connectivity index (χ1n) is 3.74. The summed E-state index contributed by atoms with van der Waals surface area (Å²) < 4.78 is 0. The average molecular weight is 128 g/mol. The Hall–Kier alpha value is -0.0400. The number of rotatable bonds is 4. The molecule has 0 aliphatic heterocycles. The van der Waals surface area contributed by atoms with Gasteiger partial charge in [-0.3, -0.25) is 4.90 Å². The standard InChI is InChI=1S/C8H18N/c1-5-9(6-2)7-8(3)4/h5,8H,6-7H2,1-4H3. The second-order valence-electron chi connectivity index (χ2n) is 2.74. The topological polar surface area (TPSA) is 3.24 Å². The fourth-order valence-electron chi connectivity index (χ4n) is 0.886. The lowest BCUT2D eigenvalue weighted by Crippen LogP contribution is -2.23. The summed E-state index contributed by atoms with van der Waals surface area (Å²) in [4.78, 5) is 2.32. The molecule has 0 N–H and O–H groups in total. The molecular formula is C8H18N. The second-order valence-corrected chi connectivity index (χ2v) is 2.74. The van der Waals surface area contributed by atoms with Gasteiger partial charge in [-0.2, -0.15) is 0 Å². The van der Waals surface area contributed by atoms with Crippen molar-refractivity contribution < 1.29 is 0 Å². The van der Waals surface area contributed by atoms with Crippen LogP contribution in [0.25, 0.3) is 0 Å². The van der Waals surface area contributed by atoms with E-state index >= 15 is 0 Å². The maximum absolute atomic E-state index is 2.32. The molecule has 0 saturated heterocycles. The van der Waals surface area contributed by atoms with E-state index in [1.807, 2.05) is 0 Å². The van der Waals surface area contributed by atoms with Crippen molar-refractivity contribution in [2.24, 2.45) is 5.92 Å². The van der Waals surface area contributed by atoms with Crippen molar-refractivity contribution in [3.63, 3.8) is 0 Å². The number of hydrogen-bond donors (Lipinski definition) is 0. The van der Waals surface area contributed by atoms with Crippen molar-refractivity contribution in [2.75, 3.05) is 13.1 Å². The van der Waals surface area contributed by atoms with Gasteiger partial charge in [0.2, 0.25) is 0 Å². The molecule has 0 unspecified atom stereocenters. The van der Waals surface area contributed by atoms with Crippen LogP contribution < -0.4 is 0 Å². The lowest BCUT2D eigenvalue weighted by molar-refractivity contribution is 0.313. The van der Waals surface area contributed by atoms with E-state index in [1.165, 1.54) is 6.54 Å². The molecule has 0 saturated carbocycles. The van der Waals surface area contributed by atoms with Gasteiger partial charge >= 0.3 is 0 Å². The minimum absolute atomic E-state index is 0.779. The van der Waals surface area contributed by atoms with Gasteiger partial charge in [0, 0.05) is 13.1 Å². The predicted octanol–water partition coefficient (Wildman–Crippen LogP) is 2.15. The lowest BCUT2D eigenvalue weighted by atomic mass is 10.2. The molecule has 1 radical (unpaired) electrons. The first kappa shape index (κ1) is 8.96. The van der Waals surface area contributed by atoms with E-state index in [1.54, 1.807) is 0 Å². The van der Waals surface area contributed by atoms with E-state index in [2.05, 4.69) is 39.1 Å². The van der Waals surface area contributed by atoms with Gasteiger partial charge in [0.15, 0.2) is 0 Å². The summed E-state index contributed by atoms with van der Waals surface area (Å²) in [7, 11) is 0. The fourth-order valence-corrected chi connectivity index (χ4v) is 0.886. The summed E-state index contributed by atoms with van der Waals surface area (Å²) >= 11 is 0. The summed E-state index contributed by atoms with van der Waals surface area (Å²) in [5.41, 5.74) is 0. The molecule has 0 aromatic heterocycles. The molecule has 0 amide bonds. The average Bonchev–Trinajstić information content (AvgIpc) is 1.82. The van der Waals surface area contributed by atoms with Gasteiger partial charge in [-0.05, 0) is 19.4 Å². The maximum atomic E-state index is 2.32. The van der Waals surface area contributed by atoms with Crippen LogP contribution in [0.5, 0.6) is 0 Å². The number of nitrogens with zero attached hydrogens (tertiary/aromatic N) is 1. The van der Waals surface area contributed by atoms with E-state index in [4.69, 9.17) is 0 Å². The zero-order valence-electron chi connectivity index (χ0n) is 7.02. The van der Waals surface area contributed by atoms with Crippen LogP contribution in [0.1, 0.15) is 27.7 Å². The Bertz CT molecular complexity index is 55.6. The molecule has 1 nitrogen and oxygen atoms in total. The monoisotopic (exact) mass is 128 g/mol. The zero-order chi connectivity index (χ0) is 7.28. The Morgan fingerprint density at radius 3 is 2.11 bits per heavy atom. The van der Waals surface area contributed by atoms with Crippen LogP contribution in [-0.2, 0) is 0 Å². The van der Waals surface area contributed by atoms with E-state index in [0.29, 0.717) is 0 Å². The molecule has 0 aliphatic carbocycles. The normalized spacial score (nSPS) is 11.3. The quantitative estimate of drug-likeness (QED) is 0.560. The Balaban J connectivity index is 3.31. The molecule has 0 aromatic carbocycles. The third-order valence-electron chi connectivity index (χ3n) is 1.37. The van der Waals surface area contributed by atoms with Gasteiger partial charge in [-0.15, -0.1) is 0 Å². The Kier molecular flexibility index (Phi) is 4.78. The van der Waals surface area contributed by atoms with Gasteiger partial charge in [-0.25, -0.2) is 0 Å². The molecule has 0 fully saturated rings. The maximum Gasteiger partial charge on any atom is 0.0220 e.